The average Bonchev–Trinajstić information content (AvgIpc) is 2.85. The van der Waals surface area contributed by atoms with Gasteiger partial charge in [0, 0.05) is 13.6 Å². The molecule has 0 saturated carbocycles. The van der Waals surface area contributed by atoms with Gasteiger partial charge in [-0.15, -0.1) is 0 Å². The highest BCUT2D eigenvalue weighted by Gasteiger charge is 2.24. The summed E-state index contributed by atoms with van der Waals surface area (Å²) in [5.74, 6) is 1.12. The number of rotatable bonds is 9. The summed E-state index contributed by atoms with van der Waals surface area (Å²) in [6.07, 6.45) is 1.87. The molecule has 0 fully saturated rings. The average molecular weight is 302 g/mol. The summed E-state index contributed by atoms with van der Waals surface area (Å²) in [5, 5.41) is 3.21. The van der Waals surface area contributed by atoms with Crippen LogP contribution < -0.4 is 5.32 Å². The highest BCUT2D eigenvalue weighted by molar-refractivity contribution is 7.89. The zero-order valence-electron chi connectivity index (χ0n) is 12.8. The van der Waals surface area contributed by atoms with Crippen LogP contribution >= 0.6 is 0 Å². The first-order valence-electron chi connectivity index (χ1n) is 7.13. The van der Waals surface area contributed by atoms with E-state index in [4.69, 9.17) is 4.42 Å². The van der Waals surface area contributed by atoms with Gasteiger partial charge in [0.25, 0.3) is 10.0 Å². The quantitative estimate of drug-likeness (QED) is 0.712. The number of sulfonamides is 1. The Morgan fingerprint density at radius 2 is 2.05 bits per heavy atom. The molecule has 0 unspecified atom stereocenters. The molecular formula is C14H26N2O3S. The lowest BCUT2D eigenvalue weighted by Crippen LogP contribution is -2.28. The van der Waals surface area contributed by atoms with Crippen LogP contribution in [0.4, 0.5) is 0 Å². The minimum Gasteiger partial charge on any atom is -0.447 e. The van der Waals surface area contributed by atoms with Gasteiger partial charge in [0.2, 0.25) is 5.09 Å². The summed E-state index contributed by atoms with van der Waals surface area (Å²) in [6.45, 7) is 8.17. The van der Waals surface area contributed by atoms with Gasteiger partial charge in [0.15, 0.2) is 0 Å². The predicted octanol–water partition coefficient (Wildman–Crippen LogP) is 2.45. The molecule has 1 N–H and O–H groups in total. The number of nitrogens with one attached hydrogen (secondary N) is 1. The van der Waals surface area contributed by atoms with E-state index in [-0.39, 0.29) is 5.09 Å². The van der Waals surface area contributed by atoms with E-state index in [1.54, 1.807) is 13.1 Å². The fourth-order valence-electron chi connectivity index (χ4n) is 1.69. The summed E-state index contributed by atoms with van der Waals surface area (Å²) in [4.78, 5) is 0. The van der Waals surface area contributed by atoms with Gasteiger partial charge in [0.1, 0.15) is 5.76 Å². The first kappa shape index (κ1) is 17.2. The Morgan fingerprint density at radius 1 is 1.35 bits per heavy atom. The molecule has 0 atom stereocenters. The number of furan rings is 1. The second kappa shape index (κ2) is 7.81. The van der Waals surface area contributed by atoms with Crippen LogP contribution in [0.5, 0.6) is 0 Å². The third kappa shape index (κ3) is 4.92. The molecule has 1 aromatic rings. The fourth-order valence-corrected chi connectivity index (χ4v) is 2.80. The van der Waals surface area contributed by atoms with Crippen molar-refractivity contribution < 1.29 is 12.8 Å². The molecule has 0 aliphatic rings. The van der Waals surface area contributed by atoms with Crippen LogP contribution in [0.3, 0.4) is 0 Å². The molecule has 6 heteroatoms. The molecule has 116 valence electrons. The summed E-state index contributed by atoms with van der Waals surface area (Å²) in [6, 6.07) is 3.25. The zero-order valence-corrected chi connectivity index (χ0v) is 13.7. The van der Waals surface area contributed by atoms with Crippen molar-refractivity contribution in [1.29, 1.82) is 0 Å². The Balaban J connectivity index is 2.67. The normalized spacial score (nSPS) is 12.5. The van der Waals surface area contributed by atoms with Crippen LogP contribution in [0.2, 0.25) is 0 Å². The number of nitrogens with zero attached hydrogens (tertiary/aromatic N) is 1. The Kier molecular flexibility index (Phi) is 6.71. The van der Waals surface area contributed by atoms with Crippen LogP contribution in [0.1, 0.15) is 39.4 Å². The number of hydrogen-bond acceptors (Lipinski definition) is 4. The third-order valence-corrected chi connectivity index (χ3v) is 4.78. The second-order valence-corrected chi connectivity index (χ2v) is 7.38. The van der Waals surface area contributed by atoms with Crippen molar-refractivity contribution >= 4 is 10.0 Å². The van der Waals surface area contributed by atoms with Gasteiger partial charge in [0.05, 0.1) is 6.54 Å². The van der Waals surface area contributed by atoms with E-state index in [9.17, 15) is 8.42 Å². The minimum absolute atomic E-state index is 0.0251. The molecule has 1 rings (SSSR count). The molecule has 5 nitrogen and oxygen atoms in total. The van der Waals surface area contributed by atoms with Crippen molar-refractivity contribution in [3.05, 3.63) is 17.9 Å². The molecule has 20 heavy (non-hydrogen) atoms. The Labute approximate surface area is 122 Å². The van der Waals surface area contributed by atoms with Crippen molar-refractivity contribution in [3.63, 3.8) is 0 Å². The smallest absolute Gasteiger partial charge is 0.276 e. The van der Waals surface area contributed by atoms with Crippen molar-refractivity contribution in [2.24, 2.45) is 5.92 Å². The molecule has 0 aromatic carbocycles. The molecule has 0 saturated heterocycles. The van der Waals surface area contributed by atoms with E-state index >= 15 is 0 Å². The lowest BCUT2D eigenvalue weighted by atomic mass is 10.1. The van der Waals surface area contributed by atoms with Gasteiger partial charge in [-0.05, 0) is 37.4 Å². The maximum Gasteiger partial charge on any atom is 0.276 e. The monoisotopic (exact) mass is 302 g/mol. The summed E-state index contributed by atoms with van der Waals surface area (Å²) >= 11 is 0. The standard InChI is InChI=1S/C14H26N2O3S/c1-5-9-15-11-13-6-7-14(19-13)20(17,18)16(4)10-8-12(2)3/h6-7,12,15H,5,8-11H2,1-4H3. The van der Waals surface area contributed by atoms with Crippen LogP contribution in [0, 0.1) is 5.92 Å². The maximum atomic E-state index is 12.3. The third-order valence-electron chi connectivity index (χ3n) is 3.05. The van der Waals surface area contributed by atoms with E-state index in [2.05, 4.69) is 26.1 Å². The van der Waals surface area contributed by atoms with Gasteiger partial charge >= 0.3 is 0 Å². The summed E-state index contributed by atoms with van der Waals surface area (Å²) in [5.41, 5.74) is 0. The first-order chi connectivity index (χ1) is 9.37. The van der Waals surface area contributed by atoms with Gasteiger partial charge in [-0.25, -0.2) is 8.42 Å². The predicted molar refractivity (Wildman–Crippen MR) is 80.0 cm³/mol. The van der Waals surface area contributed by atoms with Crippen LogP contribution in [-0.4, -0.2) is 32.9 Å². The Bertz CT molecular complexity index is 494. The van der Waals surface area contributed by atoms with Crippen LogP contribution in [0.25, 0.3) is 0 Å². The maximum absolute atomic E-state index is 12.3. The lowest BCUT2D eigenvalue weighted by molar-refractivity contribution is 0.372. The molecule has 0 amide bonds. The highest BCUT2D eigenvalue weighted by atomic mass is 32.2. The highest BCUT2D eigenvalue weighted by Crippen LogP contribution is 2.18. The summed E-state index contributed by atoms with van der Waals surface area (Å²) < 4.78 is 31.4. The molecule has 0 spiro atoms. The minimum atomic E-state index is -3.51. The second-order valence-electron chi connectivity index (χ2n) is 5.41. The summed E-state index contributed by atoms with van der Waals surface area (Å²) in [7, 11) is -1.91. The Hall–Kier alpha value is -0.850. The van der Waals surface area contributed by atoms with Crippen molar-refractivity contribution in [3.8, 4) is 0 Å². The van der Waals surface area contributed by atoms with E-state index in [0.29, 0.717) is 24.8 Å². The molecule has 1 aromatic heterocycles. The van der Waals surface area contributed by atoms with Gasteiger partial charge in [-0.2, -0.15) is 4.31 Å². The van der Waals surface area contributed by atoms with Crippen molar-refractivity contribution in [2.45, 2.75) is 45.2 Å². The molecular weight excluding hydrogens is 276 g/mol. The molecule has 1 heterocycles. The van der Waals surface area contributed by atoms with E-state index < -0.39 is 10.0 Å². The van der Waals surface area contributed by atoms with Crippen LogP contribution in [0.15, 0.2) is 21.6 Å². The van der Waals surface area contributed by atoms with Crippen LogP contribution in [-0.2, 0) is 16.6 Å². The van der Waals surface area contributed by atoms with Crippen molar-refractivity contribution in [2.75, 3.05) is 20.1 Å². The topological polar surface area (TPSA) is 62.6 Å². The van der Waals surface area contributed by atoms with Gasteiger partial charge in [-0.3, -0.25) is 0 Å². The molecule has 0 aliphatic carbocycles. The molecule has 0 bridgehead atoms. The fraction of sp³-hybridized carbons (Fsp3) is 0.714. The first-order valence-corrected chi connectivity index (χ1v) is 8.57. The van der Waals surface area contributed by atoms with E-state index in [1.165, 1.54) is 10.4 Å². The SMILES string of the molecule is CCCNCc1ccc(S(=O)(=O)N(C)CCC(C)C)o1. The molecule has 0 aliphatic heterocycles. The van der Waals surface area contributed by atoms with Gasteiger partial charge < -0.3 is 9.73 Å². The van der Waals surface area contributed by atoms with E-state index in [0.717, 1.165) is 19.4 Å². The van der Waals surface area contributed by atoms with Gasteiger partial charge in [-0.1, -0.05) is 20.8 Å². The Morgan fingerprint density at radius 3 is 2.65 bits per heavy atom. The van der Waals surface area contributed by atoms with Crippen molar-refractivity contribution in [1.82, 2.24) is 9.62 Å². The number of hydrogen-bond donors (Lipinski definition) is 1. The lowest BCUT2D eigenvalue weighted by Gasteiger charge is -2.16. The van der Waals surface area contributed by atoms with E-state index in [1.807, 2.05) is 0 Å². The molecule has 0 radical (unpaired) electrons. The zero-order chi connectivity index (χ0) is 15.2. The largest absolute Gasteiger partial charge is 0.447 e.